The van der Waals surface area contributed by atoms with Gasteiger partial charge in [0.25, 0.3) is 0 Å². The molecule has 2 atom stereocenters. The quantitative estimate of drug-likeness (QED) is 0.257. The largest absolute Gasteiger partial charge is 0.481 e. The lowest BCUT2D eigenvalue weighted by atomic mass is 10.0. The van der Waals surface area contributed by atoms with Crippen molar-refractivity contribution in [2.45, 2.75) is 116 Å². The van der Waals surface area contributed by atoms with Crippen LogP contribution in [0.2, 0.25) is 0 Å². The van der Waals surface area contributed by atoms with E-state index < -0.39 is 5.97 Å². The SMILES string of the molecule is CCCC(O)CCCCCC(CCCCCCCC(=O)O)OCc1ccccc1. The van der Waals surface area contributed by atoms with E-state index in [1.807, 2.05) is 18.2 Å². The number of hydrogen-bond acceptors (Lipinski definition) is 3. The molecule has 166 valence electrons. The van der Waals surface area contributed by atoms with Gasteiger partial charge in [0.05, 0.1) is 18.8 Å². The van der Waals surface area contributed by atoms with Crippen LogP contribution in [0.15, 0.2) is 30.3 Å². The van der Waals surface area contributed by atoms with E-state index in [0.717, 1.165) is 83.5 Å². The van der Waals surface area contributed by atoms with Crippen LogP contribution in [0.25, 0.3) is 0 Å². The lowest BCUT2D eigenvalue weighted by Crippen LogP contribution is -2.13. The van der Waals surface area contributed by atoms with E-state index in [1.54, 1.807) is 0 Å². The number of hydrogen-bond donors (Lipinski definition) is 2. The van der Waals surface area contributed by atoms with Crippen LogP contribution < -0.4 is 0 Å². The predicted molar refractivity (Wildman–Crippen MR) is 119 cm³/mol. The van der Waals surface area contributed by atoms with Crippen LogP contribution in [0.1, 0.15) is 102 Å². The maximum Gasteiger partial charge on any atom is 0.303 e. The highest BCUT2D eigenvalue weighted by Gasteiger charge is 2.10. The number of rotatable bonds is 19. The Kier molecular flexibility index (Phi) is 15.4. The van der Waals surface area contributed by atoms with Crippen LogP contribution in [0.3, 0.4) is 0 Å². The first-order valence-corrected chi connectivity index (χ1v) is 11.7. The van der Waals surface area contributed by atoms with Crippen molar-refractivity contribution in [2.75, 3.05) is 0 Å². The molecule has 0 bridgehead atoms. The van der Waals surface area contributed by atoms with E-state index in [9.17, 15) is 9.90 Å². The van der Waals surface area contributed by atoms with Gasteiger partial charge in [0.1, 0.15) is 0 Å². The average molecular weight is 407 g/mol. The Morgan fingerprint density at radius 2 is 1.45 bits per heavy atom. The maximum absolute atomic E-state index is 10.6. The minimum atomic E-state index is -0.693. The molecule has 1 aromatic carbocycles. The third-order valence-corrected chi connectivity index (χ3v) is 5.43. The van der Waals surface area contributed by atoms with Gasteiger partial charge in [-0.1, -0.05) is 88.6 Å². The second kappa shape index (κ2) is 17.5. The van der Waals surface area contributed by atoms with Crippen molar-refractivity contribution in [3.63, 3.8) is 0 Å². The van der Waals surface area contributed by atoms with Crippen LogP contribution in [0.4, 0.5) is 0 Å². The molecule has 0 heterocycles. The van der Waals surface area contributed by atoms with E-state index in [0.29, 0.717) is 6.61 Å². The molecule has 0 amide bonds. The maximum atomic E-state index is 10.6. The normalized spacial score (nSPS) is 13.3. The second-order valence-electron chi connectivity index (χ2n) is 8.20. The molecule has 4 heteroatoms. The molecule has 1 aromatic rings. The molecule has 1 rings (SSSR count). The van der Waals surface area contributed by atoms with Crippen molar-refractivity contribution in [1.82, 2.24) is 0 Å². The number of carboxylic acids is 1. The number of unbranched alkanes of at least 4 members (excludes halogenated alkanes) is 6. The Hall–Kier alpha value is -1.39. The standard InChI is InChI=1S/C25H42O4/c1-2-14-23(26)17-10-7-12-19-24(29-21-22-15-8-6-9-16-22)18-11-4-3-5-13-20-25(27)28/h6,8-9,15-16,23-24,26H,2-5,7,10-14,17-21H2,1H3,(H,27,28). The summed E-state index contributed by atoms with van der Waals surface area (Å²) in [6, 6.07) is 10.3. The zero-order valence-corrected chi connectivity index (χ0v) is 18.4. The van der Waals surface area contributed by atoms with E-state index in [2.05, 4.69) is 19.1 Å². The van der Waals surface area contributed by atoms with Gasteiger partial charge >= 0.3 is 5.97 Å². The fourth-order valence-electron chi connectivity index (χ4n) is 3.68. The minimum absolute atomic E-state index is 0.133. The van der Waals surface area contributed by atoms with Gasteiger partial charge in [0, 0.05) is 6.42 Å². The highest BCUT2D eigenvalue weighted by molar-refractivity contribution is 5.66. The predicted octanol–water partition coefficient (Wildman–Crippen LogP) is 6.50. The summed E-state index contributed by atoms with van der Waals surface area (Å²) in [5, 5.41) is 18.5. The highest BCUT2D eigenvalue weighted by atomic mass is 16.5. The van der Waals surface area contributed by atoms with Crippen LogP contribution in [-0.4, -0.2) is 28.4 Å². The van der Waals surface area contributed by atoms with Crippen LogP contribution in [0, 0.1) is 0 Å². The minimum Gasteiger partial charge on any atom is -0.481 e. The number of aliphatic hydroxyl groups excluding tert-OH is 1. The second-order valence-corrected chi connectivity index (χ2v) is 8.20. The fourth-order valence-corrected chi connectivity index (χ4v) is 3.68. The smallest absolute Gasteiger partial charge is 0.303 e. The lowest BCUT2D eigenvalue weighted by molar-refractivity contribution is -0.137. The molecular weight excluding hydrogens is 364 g/mol. The van der Waals surface area contributed by atoms with Gasteiger partial charge in [-0.3, -0.25) is 4.79 Å². The summed E-state index contributed by atoms with van der Waals surface area (Å²) < 4.78 is 6.23. The monoisotopic (exact) mass is 406 g/mol. The van der Waals surface area contributed by atoms with Gasteiger partial charge in [-0.15, -0.1) is 0 Å². The molecule has 0 spiro atoms. The van der Waals surface area contributed by atoms with E-state index in [1.165, 1.54) is 5.56 Å². The zero-order chi connectivity index (χ0) is 21.2. The first-order valence-electron chi connectivity index (χ1n) is 11.7. The third-order valence-electron chi connectivity index (χ3n) is 5.43. The Morgan fingerprint density at radius 1 is 0.862 bits per heavy atom. The molecule has 0 saturated carbocycles. The summed E-state index contributed by atoms with van der Waals surface area (Å²) in [4.78, 5) is 10.6. The molecule has 0 aliphatic heterocycles. The number of aliphatic hydroxyl groups is 1. The van der Waals surface area contributed by atoms with Crippen molar-refractivity contribution >= 4 is 5.97 Å². The number of benzene rings is 1. The molecule has 2 N–H and O–H groups in total. The van der Waals surface area contributed by atoms with Crippen molar-refractivity contribution in [1.29, 1.82) is 0 Å². The van der Waals surface area contributed by atoms with Gasteiger partial charge in [0.15, 0.2) is 0 Å². The first-order chi connectivity index (χ1) is 14.1. The molecule has 0 aliphatic rings. The molecule has 0 radical (unpaired) electrons. The van der Waals surface area contributed by atoms with Gasteiger partial charge in [-0.2, -0.15) is 0 Å². The van der Waals surface area contributed by atoms with Crippen LogP contribution in [0.5, 0.6) is 0 Å². The number of carboxylic acid groups (broad SMARTS) is 1. The Labute approximate surface area is 177 Å². The van der Waals surface area contributed by atoms with Crippen molar-refractivity contribution in [3.8, 4) is 0 Å². The molecule has 29 heavy (non-hydrogen) atoms. The van der Waals surface area contributed by atoms with E-state index in [-0.39, 0.29) is 18.6 Å². The van der Waals surface area contributed by atoms with Gasteiger partial charge in [0.2, 0.25) is 0 Å². The van der Waals surface area contributed by atoms with E-state index in [4.69, 9.17) is 9.84 Å². The first kappa shape index (κ1) is 25.6. The molecule has 0 aliphatic carbocycles. The highest BCUT2D eigenvalue weighted by Crippen LogP contribution is 2.18. The topological polar surface area (TPSA) is 66.8 Å². The Bertz CT molecular complexity index is 503. The number of ether oxygens (including phenoxy) is 1. The number of aliphatic carboxylic acids is 1. The summed E-state index contributed by atoms with van der Waals surface area (Å²) in [6.07, 6.45) is 14.0. The van der Waals surface area contributed by atoms with E-state index >= 15 is 0 Å². The van der Waals surface area contributed by atoms with Gasteiger partial charge in [-0.05, 0) is 37.7 Å². The zero-order valence-electron chi connectivity index (χ0n) is 18.4. The van der Waals surface area contributed by atoms with Crippen LogP contribution >= 0.6 is 0 Å². The van der Waals surface area contributed by atoms with Crippen molar-refractivity contribution in [2.24, 2.45) is 0 Å². The fraction of sp³-hybridized carbons (Fsp3) is 0.720. The average Bonchev–Trinajstić information content (AvgIpc) is 2.71. The Balaban J connectivity index is 2.24. The molecule has 2 unspecified atom stereocenters. The van der Waals surface area contributed by atoms with Crippen molar-refractivity contribution in [3.05, 3.63) is 35.9 Å². The number of carbonyl (C=O) groups is 1. The summed E-state index contributed by atoms with van der Waals surface area (Å²) in [7, 11) is 0. The Morgan fingerprint density at radius 3 is 2.10 bits per heavy atom. The van der Waals surface area contributed by atoms with Gasteiger partial charge < -0.3 is 14.9 Å². The summed E-state index contributed by atoms with van der Waals surface area (Å²) in [5.41, 5.74) is 1.22. The molecule has 0 fully saturated rings. The molecule has 0 saturated heterocycles. The summed E-state index contributed by atoms with van der Waals surface area (Å²) in [6.45, 7) is 2.78. The summed E-state index contributed by atoms with van der Waals surface area (Å²) >= 11 is 0. The van der Waals surface area contributed by atoms with Gasteiger partial charge in [-0.25, -0.2) is 0 Å². The van der Waals surface area contributed by atoms with Crippen LogP contribution in [-0.2, 0) is 16.1 Å². The molecule has 4 nitrogen and oxygen atoms in total. The molecule has 0 aromatic heterocycles. The molecular formula is C25H42O4. The third kappa shape index (κ3) is 15.2. The van der Waals surface area contributed by atoms with Crippen molar-refractivity contribution < 1.29 is 19.7 Å². The summed E-state index contributed by atoms with van der Waals surface area (Å²) in [5.74, 6) is -0.693. The lowest BCUT2D eigenvalue weighted by Gasteiger charge is -2.18.